The maximum Gasteiger partial charge on any atom is 0.246 e. The van der Waals surface area contributed by atoms with Gasteiger partial charge in [-0.2, -0.15) is 0 Å². The first kappa shape index (κ1) is 24.4. The summed E-state index contributed by atoms with van der Waals surface area (Å²) in [5, 5.41) is 22.0. The predicted octanol–water partition coefficient (Wildman–Crippen LogP) is 5.54. The number of nitrogens with zero attached hydrogens (tertiary/aromatic N) is 2. The standard InChI is InChI=1S/C20H30N2O5/c1-2-3-4-5-6-7-9-14-19(21(24)25)15-10-8-11-16-20(22(26)27)17-12-13-18-23/h6-8,10,14,16,18H,2-5,9,11-13,15,17H2,1H3/b7-6-,10-8-,19-14+,20-16+. The second-order valence-electron chi connectivity index (χ2n) is 6.08. The van der Waals surface area contributed by atoms with E-state index in [9.17, 15) is 25.0 Å². The Hall–Kier alpha value is -2.57. The maximum atomic E-state index is 11.1. The lowest BCUT2D eigenvalue weighted by atomic mass is 10.1. The van der Waals surface area contributed by atoms with Crippen LogP contribution in [0.4, 0.5) is 0 Å². The molecule has 27 heavy (non-hydrogen) atoms. The van der Waals surface area contributed by atoms with Crippen LogP contribution in [0.1, 0.15) is 71.1 Å². The third-order valence-corrected chi connectivity index (χ3v) is 3.84. The van der Waals surface area contributed by atoms with Crippen LogP contribution >= 0.6 is 0 Å². The van der Waals surface area contributed by atoms with E-state index in [1.54, 1.807) is 18.2 Å². The third kappa shape index (κ3) is 14.3. The Morgan fingerprint density at radius 2 is 1.44 bits per heavy atom. The van der Waals surface area contributed by atoms with E-state index in [4.69, 9.17) is 0 Å². The topological polar surface area (TPSA) is 103 Å². The minimum absolute atomic E-state index is 0.0692. The molecule has 0 amide bonds. The van der Waals surface area contributed by atoms with E-state index in [1.165, 1.54) is 18.9 Å². The summed E-state index contributed by atoms with van der Waals surface area (Å²) in [6.45, 7) is 2.14. The summed E-state index contributed by atoms with van der Waals surface area (Å²) in [7, 11) is 0. The molecule has 0 aromatic rings. The largest absolute Gasteiger partial charge is 0.303 e. The Morgan fingerprint density at radius 1 is 0.815 bits per heavy atom. The van der Waals surface area contributed by atoms with Gasteiger partial charge in [0, 0.05) is 12.8 Å². The van der Waals surface area contributed by atoms with Crippen LogP contribution in [0, 0.1) is 20.2 Å². The summed E-state index contributed by atoms with van der Waals surface area (Å²) < 4.78 is 0. The summed E-state index contributed by atoms with van der Waals surface area (Å²) in [5.41, 5.74) is 0.189. The average Bonchev–Trinajstić information content (AvgIpc) is 2.63. The average molecular weight is 378 g/mol. The highest BCUT2D eigenvalue weighted by Gasteiger charge is 2.09. The van der Waals surface area contributed by atoms with Gasteiger partial charge in [-0.25, -0.2) is 0 Å². The highest BCUT2D eigenvalue weighted by molar-refractivity contribution is 5.49. The number of carbonyl (C=O) groups excluding carboxylic acids is 1. The van der Waals surface area contributed by atoms with E-state index < -0.39 is 9.85 Å². The van der Waals surface area contributed by atoms with Crippen molar-refractivity contribution in [2.45, 2.75) is 71.1 Å². The van der Waals surface area contributed by atoms with Gasteiger partial charge in [0.2, 0.25) is 11.4 Å². The Bertz CT molecular complexity index is 577. The number of hydrogen-bond acceptors (Lipinski definition) is 5. The summed E-state index contributed by atoms with van der Waals surface area (Å²) in [5.74, 6) is 0. The van der Waals surface area contributed by atoms with Gasteiger partial charge < -0.3 is 4.79 Å². The molecule has 0 N–H and O–H groups in total. The first-order valence-electron chi connectivity index (χ1n) is 9.43. The van der Waals surface area contributed by atoms with E-state index in [2.05, 4.69) is 6.92 Å². The van der Waals surface area contributed by atoms with Crippen LogP contribution in [0.2, 0.25) is 0 Å². The lowest BCUT2D eigenvalue weighted by Crippen LogP contribution is -1.99. The lowest BCUT2D eigenvalue weighted by molar-refractivity contribution is -0.428. The van der Waals surface area contributed by atoms with E-state index in [-0.39, 0.29) is 24.2 Å². The van der Waals surface area contributed by atoms with Crippen molar-refractivity contribution >= 4 is 6.29 Å². The zero-order chi connectivity index (χ0) is 20.3. The van der Waals surface area contributed by atoms with Crippen molar-refractivity contribution in [1.29, 1.82) is 0 Å². The van der Waals surface area contributed by atoms with E-state index in [0.717, 1.165) is 19.1 Å². The molecule has 0 atom stereocenters. The normalized spacial score (nSPS) is 12.8. The number of unbranched alkanes of at least 4 members (excludes halogenated alkanes) is 4. The molecule has 0 aliphatic rings. The highest BCUT2D eigenvalue weighted by atomic mass is 16.6. The van der Waals surface area contributed by atoms with Crippen molar-refractivity contribution in [3.05, 3.63) is 68.1 Å². The van der Waals surface area contributed by atoms with Crippen molar-refractivity contribution < 1.29 is 14.6 Å². The molecule has 0 spiro atoms. The first-order valence-corrected chi connectivity index (χ1v) is 9.43. The SMILES string of the molecule is CCCCC/C=C\C/C=C(\C/C=C\C/C=C(\CCCC=O)[N+](=O)[O-])[N+](=O)[O-]. The lowest BCUT2D eigenvalue weighted by Gasteiger charge is -1.96. The fraction of sp³-hybridized carbons (Fsp3) is 0.550. The molecular weight excluding hydrogens is 348 g/mol. The molecule has 0 bridgehead atoms. The van der Waals surface area contributed by atoms with Gasteiger partial charge in [-0.3, -0.25) is 20.2 Å². The second kappa shape index (κ2) is 16.9. The van der Waals surface area contributed by atoms with Crippen molar-refractivity contribution in [2.75, 3.05) is 0 Å². The van der Waals surface area contributed by atoms with Crippen molar-refractivity contribution in [3.63, 3.8) is 0 Å². The quantitative estimate of drug-likeness (QED) is 0.115. The molecule has 150 valence electrons. The summed E-state index contributed by atoms with van der Waals surface area (Å²) in [6.07, 6.45) is 17.7. The van der Waals surface area contributed by atoms with Crippen LogP contribution in [0.3, 0.4) is 0 Å². The zero-order valence-corrected chi connectivity index (χ0v) is 16.0. The van der Waals surface area contributed by atoms with Gasteiger partial charge in [-0.1, -0.05) is 44.1 Å². The molecule has 0 radical (unpaired) electrons. The van der Waals surface area contributed by atoms with E-state index in [0.29, 0.717) is 25.7 Å². The van der Waals surface area contributed by atoms with Crippen LogP contribution < -0.4 is 0 Å². The van der Waals surface area contributed by atoms with Crippen LogP contribution in [0.5, 0.6) is 0 Å². The van der Waals surface area contributed by atoms with Gasteiger partial charge in [0.25, 0.3) is 0 Å². The molecule has 0 unspecified atom stereocenters. The van der Waals surface area contributed by atoms with Crippen LogP contribution in [0.15, 0.2) is 47.9 Å². The fourth-order valence-corrected chi connectivity index (χ4v) is 2.30. The van der Waals surface area contributed by atoms with Gasteiger partial charge >= 0.3 is 0 Å². The molecule has 0 saturated carbocycles. The van der Waals surface area contributed by atoms with E-state index >= 15 is 0 Å². The molecule has 7 heteroatoms. The number of hydrogen-bond donors (Lipinski definition) is 0. The molecule has 0 saturated heterocycles. The molecule has 0 aliphatic carbocycles. The molecule has 0 rings (SSSR count). The number of rotatable bonds is 16. The Morgan fingerprint density at radius 3 is 2.04 bits per heavy atom. The van der Waals surface area contributed by atoms with Gasteiger partial charge in [0.1, 0.15) is 6.29 Å². The Labute approximate surface area is 160 Å². The second-order valence-corrected chi connectivity index (χ2v) is 6.08. The number of aldehydes is 1. The first-order chi connectivity index (χ1) is 13.0. The molecule has 0 aromatic heterocycles. The minimum Gasteiger partial charge on any atom is -0.303 e. The van der Waals surface area contributed by atoms with Crippen molar-refractivity contribution in [2.24, 2.45) is 0 Å². The Kier molecular flexibility index (Phi) is 15.3. The summed E-state index contributed by atoms with van der Waals surface area (Å²) in [6, 6.07) is 0. The maximum absolute atomic E-state index is 11.1. The van der Waals surface area contributed by atoms with Gasteiger partial charge in [-0.15, -0.1) is 0 Å². The number of carbonyl (C=O) groups is 1. The predicted molar refractivity (Wildman–Crippen MR) is 106 cm³/mol. The summed E-state index contributed by atoms with van der Waals surface area (Å²) >= 11 is 0. The molecule has 7 nitrogen and oxygen atoms in total. The molecule has 0 aliphatic heterocycles. The number of allylic oxidation sites excluding steroid dienone is 7. The fourth-order valence-electron chi connectivity index (χ4n) is 2.30. The van der Waals surface area contributed by atoms with Gasteiger partial charge in [-0.05, 0) is 44.3 Å². The van der Waals surface area contributed by atoms with Crippen LogP contribution in [0.25, 0.3) is 0 Å². The Balaban J connectivity index is 4.44. The highest BCUT2D eigenvalue weighted by Crippen LogP contribution is 2.10. The molecule has 0 fully saturated rings. The zero-order valence-electron chi connectivity index (χ0n) is 16.0. The van der Waals surface area contributed by atoms with Crippen LogP contribution in [-0.2, 0) is 4.79 Å². The number of nitro groups is 2. The smallest absolute Gasteiger partial charge is 0.246 e. The van der Waals surface area contributed by atoms with E-state index in [1.807, 2.05) is 12.2 Å². The third-order valence-electron chi connectivity index (χ3n) is 3.84. The van der Waals surface area contributed by atoms with Gasteiger partial charge in [0.05, 0.1) is 16.3 Å². The molecule has 0 heterocycles. The monoisotopic (exact) mass is 378 g/mol. The van der Waals surface area contributed by atoms with Crippen LogP contribution in [-0.4, -0.2) is 16.1 Å². The minimum atomic E-state index is -0.451. The van der Waals surface area contributed by atoms with Crippen molar-refractivity contribution in [3.8, 4) is 0 Å². The summed E-state index contributed by atoms with van der Waals surface area (Å²) in [4.78, 5) is 31.4. The molecule has 0 aromatic carbocycles. The van der Waals surface area contributed by atoms with Crippen molar-refractivity contribution in [1.82, 2.24) is 0 Å². The molecular formula is C20H30N2O5. The van der Waals surface area contributed by atoms with Gasteiger partial charge in [0.15, 0.2) is 0 Å².